The highest BCUT2D eigenvalue weighted by Gasteiger charge is 2.38. The first kappa shape index (κ1) is 18.9. The molecule has 0 amide bonds. The lowest BCUT2D eigenvalue weighted by Gasteiger charge is -2.25. The fourth-order valence-electron chi connectivity index (χ4n) is 3.76. The average molecular weight is 398 g/mol. The minimum Gasteiger partial charge on any atom is -0.390 e. The molecule has 1 saturated heterocycles. The lowest BCUT2D eigenvalue weighted by Crippen LogP contribution is -2.40. The van der Waals surface area contributed by atoms with Crippen LogP contribution < -0.4 is 0 Å². The van der Waals surface area contributed by atoms with E-state index in [4.69, 9.17) is 0 Å². The SMILES string of the molecule is CN(Cc1cn[nH]c1-c1ccc(-c2ccccc2)cc1)[C@@H]1CS(=O)(=O)C[C@H]1O. The number of benzene rings is 2. The minimum absolute atomic E-state index is 0.0103. The molecule has 1 fully saturated rings. The number of aromatic nitrogens is 2. The number of aliphatic hydroxyl groups is 1. The van der Waals surface area contributed by atoms with E-state index in [1.165, 1.54) is 0 Å². The van der Waals surface area contributed by atoms with Crippen molar-refractivity contribution in [1.82, 2.24) is 15.1 Å². The molecular formula is C21H23N3O3S. The summed E-state index contributed by atoms with van der Waals surface area (Å²) >= 11 is 0. The fraction of sp³-hybridized carbons (Fsp3) is 0.286. The van der Waals surface area contributed by atoms with Crippen molar-refractivity contribution < 1.29 is 13.5 Å². The van der Waals surface area contributed by atoms with Crippen molar-refractivity contribution in [2.45, 2.75) is 18.7 Å². The molecule has 3 aromatic rings. The summed E-state index contributed by atoms with van der Waals surface area (Å²) in [5.41, 5.74) is 5.19. The van der Waals surface area contributed by atoms with Gasteiger partial charge in [0.05, 0.1) is 35.5 Å². The number of aliphatic hydroxyl groups excluding tert-OH is 1. The van der Waals surface area contributed by atoms with E-state index in [2.05, 4.69) is 34.5 Å². The third-order valence-electron chi connectivity index (χ3n) is 5.28. The predicted molar refractivity (Wildman–Crippen MR) is 109 cm³/mol. The number of rotatable bonds is 5. The maximum absolute atomic E-state index is 11.8. The maximum Gasteiger partial charge on any atom is 0.154 e. The molecule has 0 bridgehead atoms. The normalized spacial score (nSPS) is 21.2. The van der Waals surface area contributed by atoms with Gasteiger partial charge in [-0.1, -0.05) is 54.6 Å². The second-order valence-electron chi connectivity index (χ2n) is 7.34. The number of hydrogen-bond donors (Lipinski definition) is 2. The van der Waals surface area contributed by atoms with Crippen molar-refractivity contribution in [1.29, 1.82) is 0 Å². The van der Waals surface area contributed by atoms with Crippen LogP contribution in [0.5, 0.6) is 0 Å². The van der Waals surface area contributed by atoms with Gasteiger partial charge in [-0.2, -0.15) is 5.10 Å². The molecule has 6 nitrogen and oxygen atoms in total. The van der Waals surface area contributed by atoms with E-state index in [0.717, 1.165) is 27.9 Å². The Bertz CT molecular complexity index is 1050. The molecule has 2 N–H and O–H groups in total. The van der Waals surface area contributed by atoms with Crippen molar-refractivity contribution in [3.63, 3.8) is 0 Å². The Morgan fingerprint density at radius 1 is 1.04 bits per heavy atom. The van der Waals surface area contributed by atoms with Crippen molar-refractivity contribution in [2.75, 3.05) is 18.6 Å². The van der Waals surface area contributed by atoms with Gasteiger partial charge in [-0.3, -0.25) is 10.00 Å². The molecule has 2 aromatic carbocycles. The summed E-state index contributed by atoms with van der Waals surface area (Å²) in [5.74, 6) is -0.176. The molecule has 7 heteroatoms. The summed E-state index contributed by atoms with van der Waals surface area (Å²) < 4.78 is 23.6. The molecule has 0 saturated carbocycles. The monoisotopic (exact) mass is 397 g/mol. The largest absolute Gasteiger partial charge is 0.390 e. The topological polar surface area (TPSA) is 86.3 Å². The molecule has 146 valence electrons. The fourth-order valence-corrected chi connectivity index (χ4v) is 5.63. The second kappa shape index (κ2) is 7.50. The molecule has 28 heavy (non-hydrogen) atoms. The highest BCUT2D eigenvalue weighted by molar-refractivity contribution is 7.91. The second-order valence-corrected chi connectivity index (χ2v) is 9.49. The Labute approximate surface area is 164 Å². The van der Waals surface area contributed by atoms with Gasteiger partial charge in [0.2, 0.25) is 0 Å². The van der Waals surface area contributed by atoms with Gasteiger partial charge in [-0.25, -0.2) is 8.42 Å². The van der Waals surface area contributed by atoms with Crippen LogP contribution in [0.15, 0.2) is 60.8 Å². The van der Waals surface area contributed by atoms with Crippen molar-refractivity contribution in [3.05, 3.63) is 66.4 Å². The van der Waals surface area contributed by atoms with Gasteiger partial charge in [0.15, 0.2) is 9.84 Å². The van der Waals surface area contributed by atoms with Crippen LogP contribution in [0.4, 0.5) is 0 Å². The van der Waals surface area contributed by atoms with Crippen molar-refractivity contribution in [2.24, 2.45) is 0 Å². The first-order valence-corrected chi connectivity index (χ1v) is 11.0. The van der Waals surface area contributed by atoms with Gasteiger partial charge in [0.1, 0.15) is 0 Å². The number of likely N-dealkylation sites (N-methyl/N-ethyl adjacent to an activating group) is 1. The van der Waals surface area contributed by atoms with E-state index in [1.54, 1.807) is 6.20 Å². The molecule has 1 aromatic heterocycles. The van der Waals surface area contributed by atoms with Gasteiger partial charge >= 0.3 is 0 Å². The van der Waals surface area contributed by atoms with E-state index >= 15 is 0 Å². The summed E-state index contributed by atoms with van der Waals surface area (Å²) in [6, 6.07) is 18.0. The molecular weight excluding hydrogens is 374 g/mol. The van der Waals surface area contributed by atoms with Gasteiger partial charge in [-0.15, -0.1) is 0 Å². The molecule has 1 aliphatic rings. The quantitative estimate of drug-likeness (QED) is 0.690. The highest BCUT2D eigenvalue weighted by Crippen LogP contribution is 2.27. The zero-order valence-electron chi connectivity index (χ0n) is 15.6. The van der Waals surface area contributed by atoms with E-state index < -0.39 is 22.0 Å². The number of nitrogens with zero attached hydrogens (tertiary/aromatic N) is 2. The third kappa shape index (κ3) is 3.87. The standard InChI is InChI=1S/C21H23N3O3S/c1-24(19-13-28(26,27)14-20(19)25)12-18-11-22-23-21(18)17-9-7-16(8-10-17)15-5-3-2-4-6-15/h2-11,19-20,25H,12-14H2,1H3,(H,22,23)/t19-,20-/m1/s1. The molecule has 4 rings (SSSR count). The minimum atomic E-state index is -3.18. The number of hydrogen-bond acceptors (Lipinski definition) is 5. The third-order valence-corrected chi connectivity index (χ3v) is 6.98. The van der Waals surface area contributed by atoms with Crippen LogP contribution in [0, 0.1) is 0 Å². The van der Waals surface area contributed by atoms with Crippen molar-refractivity contribution in [3.8, 4) is 22.4 Å². The van der Waals surface area contributed by atoms with Crippen LogP contribution in [0.25, 0.3) is 22.4 Å². The lowest BCUT2D eigenvalue weighted by molar-refractivity contribution is 0.0959. The number of H-pyrrole nitrogens is 1. The molecule has 2 atom stereocenters. The number of sulfone groups is 1. The van der Waals surface area contributed by atoms with Gasteiger partial charge < -0.3 is 5.11 Å². The Hall–Kier alpha value is -2.48. The Morgan fingerprint density at radius 2 is 1.68 bits per heavy atom. The lowest BCUT2D eigenvalue weighted by atomic mass is 10.0. The van der Waals surface area contributed by atoms with E-state index in [1.807, 2.05) is 42.3 Å². The molecule has 0 spiro atoms. The van der Waals surface area contributed by atoms with Crippen LogP contribution in [0.2, 0.25) is 0 Å². The number of nitrogens with one attached hydrogen (secondary N) is 1. The summed E-state index contributed by atoms with van der Waals surface area (Å²) in [5, 5.41) is 17.3. The molecule has 0 radical (unpaired) electrons. The summed E-state index contributed by atoms with van der Waals surface area (Å²) in [6.45, 7) is 0.503. The molecule has 0 unspecified atom stereocenters. The first-order chi connectivity index (χ1) is 13.4. The van der Waals surface area contributed by atoms with E-state index in [0.29, 0.717) is 6.54 Å². The Morgan fingerprint density at radius 3 is 2.32 bits per heavy atom. The Kier molecular flexibility index (Phi) is 5.05. The molecule has 1 aliphatic heterocycles. The Balaban J connectivity index is 1.53. The van der Waals surface area contributed by atoms with Gasteiger partial charge in [0.25, 0.3) is 0 Å². The van der Waals surface area contributed by atoms with E-state index in [9.17, 15) is 13.5 Å². The van der Waals surface area contributed by atoms with Crippen LogP contribution >= 0.6 is 0 Å². The average Bonchev–Trinajstić information content (AvgIpc) is 3.25. The van der Waals surface area contributed by atoms with Crippen LogP contribution in [0.3, 0.4) is 0 Å². The first-order valence-electron chi connectivity index (χ1n) is 9.20. The molecule has 0 aliphatic carbocycles. The zero-order valence-corrected chi connectivity index (χ0v) is 16.4. The molecule has 2 heterocycles. The maximum atomic E-state index is 11.8. The van der Waals surface area contributed by atoms with E-state index in [-0.39, 0.29) is 11.5 Å². The van der Waals surface area contributed by atoms with Gasteiger partial charge in [-0.05, 0) is 23.7 Å². The zero-order chi connectivity index (χ0) is 19.7. The predicted octanol–water partition coefficient (Wildman–Crippen LogP) is 2.33. The van der Waals surface area contributed by atoms with Crippen molar-refractivity contribution >= 4 is 9.84 Å². The smallest absolute Gasteiger partial charge is 0.154 e. The van der Waals surface area contributed by atoms with Crippen LogP contribution in [0.1, 0.15) is 5.56 Å². The summed E-state index contributed by atoms with van der Waals surface area (Å²) in [7, 11) is -1.34. The summed E-state index contributed by atoms with van der Waals surface area (Å²) in [4.78, 5) is 1.89. The van der Waals surface area contributed by atoms with Gasteiger partial charge in [0, 0.05) is 12.1 Å². The van der Waals surface area contributed by atoms with Crippen LogP contribution in [-0.4, -0.2) is 59.3 Å². The summed E-state index contributed by atoms with van der Waals surface area (Å²) in [6.07, 6.45) is 0.905. The van der Waals surface area contributed by atoms with Crippen LogP contribution in [-0.2, 0) is 16.4 Å². The number of aromatic amines is 1. The highest BCUT2D eigenvalue weighted by atomic mass is 32.2.